The van der Waals surface area contributed by atoms with Crippen LogP contribution in [0, 0.1) is 11.7 Å². The minimum absolute atomic E-state index is 0.0172. The summed E-state index contributed by atoms with van der Waals surface area (Å²) >= 11 is 0. The van der Waals surface area contributed by atoms with E-state index < -0.39 is 0 Å². The van der Waals surface area contributed by atoms with E-state index in [1.54, 1.807) is 31.4 Å². The number of rotatable bonds is 4. The van der Waals surface area contributed by atoms with Crippen LogP contribution in [0.2, 0.25) is 0 Å². The fourth-order valence-electron chi connectivity index (χ4n) is 3.20. The van der Waals surface area contributed by atoms with Gasteiger partial charge in [-0.15, -0.1) is 0 Å². The van der Waals surface area contributed by atoms with Gasteiger partial charge in [0.25, 0.3) is 5.56 Å². The lowest BCUT2D eigenvalue weighted by Gasteiger charge is -2.33. The number of amides is 1. The molecule has 0 aliphatic carbocycles. The predicted octanol–water partition coefficient (Wildman–Crippen LogP) is 2.01. The highest BCUT2D eigenvalue weighted by molar-refractivity contribution is 5.79. The monoisotopic (exact) mass is 358 g/mol. The third-order valence-corrected chi connectivity index (χ3v) is 4.91. The third-order valence-electron chi connectivity index (χ3n) is 4.91. The highest BCUT2D eigenvalue weighted by Crippen LogP contribution is 2.23. The lowest BCUT2D eigenvalue weighted by molar-refractivity contribution is -0.126. The van der Waals surface area contributed by atoms with Gasteiger partial charge in [-0.25, -0.2) is 9.07 Å². The average molecular weight is 358 g/mol. The van der Waals surface area contributed by atoms with E-state index in [4.69, 9.17) is 0 Å². The Morgan fingerprint density at radius 2 is 1.92 bits per heavy atom. The molecule has 1 saturated heterocycles. The Labute approximate surface area is 151 Å². The largest absolute Gasteiger partial charge is 0.370 e. The molecule has 0 saturated carbocycles. The summed E-state index contributed by atoms with van der Waals surface area (Å²) < 4.78 is 14.3. The zero-order chi connectivity index (χ0) is 18.7. The molecule has 0 spiro atoms. The number of benzene rings is 1. The molecule has 138 valence electrons. The number of aromatic nitrogens is 2. The molecule has 0 bridgehead atoms. The lowest BCUT2D eigenvalue weighted by Crippen LogP contribution is -2.41. The number of nitrogens with zero attached hydrogens (tertiary/aromatic N) is 3. The Morgan fingerprint density at radius 1 is 1.27 bits per heavy atom. The Hall–Kier alpha value is -2.70. The van der Waals surface area contributed by atoms with Gasteiger partial charge in [-0.05, 0) is 37.5 Å². The highest BCUT2D eigenvalue weighted by Gasteiger charge is 2.26. The topological polar surface area (TPSA) is 67.2 Å². The molecule has 2 aromatic rings. The molecule has 1 aromatic heterocycles. The van der Waals surface area contributed by atoms with Crippen LogP contribution in [-0.2, 0) is 11.8 Å². The maximum absolute atomic E-state index is 13.0. The molecular weight excluding hydrogens is 335 g/mol. The van der Waals surface area contributed by atoms with Crippen LogP contribution in [0.5, 0.6) is 0 Å². The predicted molar refractivity (Wildman–Crippen MR) is 97.4 cm³/mol. The van der Waals surface area contributed by atoms with Crippen LogP contribution in [0.25, 0.3) is 0 Å². The van der Waals surface area contributed by atoms with E-state index in [-0.39, 0.29) is 29.2 Å². The smallest absolute Gasteiger partial charge is 0.268 e. The quantitative estimate of drug-likeness (QED) is 0.908. The van der Waals surface area contributed by atoms with Crippen LogP contribution in [0.1, 0.15) is 31.4 Å². The number of carbonyl (C=O) groups is 1. The second-order valence-electron chi connectivity index (χ2n) is 6.72. The molecule has 1 aliphatic heterocycles. The van der Waals surface area contributed by atoms with E-state index in [2.05, 4.69) is 15.3 Å². The zero-order valence-corrected chi connectivity index (χ0v) is 15.0. The van der Waals surface area contributed by atoms with Gasteiger partial charge in [0.2, 0.25) is 5.91 Å². The third kappa shape index (κ3) is 4.09. The van der Waals surface area contributed by atoms with Crippen LogP contribution in [-0.4, -0.2) is 28.8 Å². The van der Waals surface area contributed by atoms with Gasteiger partial charge >= 0.3 is 0 Å². The number of aryl methyl sites for hydroxylation is 1. The van der Waals surface area contributed by atoms with Crippen LogP contribution >= 0.6 is 0 Å². The molecule has 6 nitrogen and oxygen atoms in total. The molecule has 1 N–H and O–H groups in total. The normalized spacial score (nSPS) is 16.3. The number of anilines is 1. The fourth-order valence-corrected chi connectivity index (χ4v) is 3.20. The van der Waals surface area contributed by atoms with Crippen molar-refractivity contribution in [1.82, 2.24) is 15.1 Å². The second kappa shape index (κ2) is 7.68. The van der Waals surface area contributed by atoms with Gasteiger partial charge in [-0.3, -0.25) is 9.59 Å². The summed E-state index contributed by atoms with van der Waals surface area (Å²) in [6, 6.07) is 7.58. The van der Waals surface area contributed by atoms with Crippen molar-refractivity contribution in [1.29, 1.82) is 0 Å². The Morgan fingerprint density at radius 3 is 2.54 bits per heavy atom. The molecule has 3 rings (SSSR count). The summed E-state index contributed by atoms with van der Waals surface area (Å²) in [5, 5.41) is 7.05. The van der Waals surface area contributed by atoms with Gasteiger partial charge in [0.1, 0.15) is 5.82 Å². The summed E-state index contributed by atoms with van der Waals surface area (Å²) in [5.74, 6) is -0.331. The van der Waals surface area contributed by atoms with Gasteiger partial charge in [-0.1, -0.05) is 12.1 Å². The summed E-state index contributed by atoms with van der Waals surface area (Å²) in [7, 11) is 1.62. The van der Waals surface area contributed by atoms with Crippen molar-refractivity contribution in [3.63, 3.8) is 0 Å². The molecule has 1 fully saturated rings. The van der Waals surface area contributed by atoms with Gasteiger partial charge in [-0.2, -0.15) is 5.10 Å². The maximum atomic E-state index is 13.0. The highest BCUT2D eigenvalue weighted by atomic mass is 19.1. The minimum atomic E-state index is -0.287. The van der Waals surface area contributed by atoms with E-state index in [1.165, 1.54) is 16.8 Å². The summed E-state index contributed by atoms with van der Waals surface area (Å²) in [4.78, 5) is 26.3. The molecule has 0 unspecified atom stereocenters. The number of hydrogen-bond acceptors (Lipinski definition) is 4. The van der Waals surface area contributed by atoms with Gasteiger partial charge in [0, 0.05) is 32.1 Å². The number of nitrogens with one attached hydrogen (secondary N) is 1. The minimum Gasteiger partial charge on any atom is -0.370 e. The summed E-state index contributed by atoms with van der Waals surface area (Å²) in [6.07, 6.45) is 3.12. The first-order chi connectivity index (χ1) is 12.4. The Balaban J connectivity index is 1.55. The number of piperidine rings is 1. The Kier molecular flexibility index (Phi) is 5.35. The van der Waals surface area contributed by atoms with Crippen LogP contribution in [0.3, 0.4) is 0 Å². The molecule has 0 radical (unpaired) electrons. The first-order valence-corrected chi connectivity index (χ1v) is 8.78. The van der Waals surface area contributed by atoms with Crippen molar-refractivity contribution < 1.29 is 9.18 Å². The van der Waals surface area contributed by atoms with E-state index >= 15 is 0 Å². The SMILES string of the molecule is C[C@H](NC(=O)C1CCN(c2cnn(C)c(=O)c2)CC1)c1ccc(F)cc1. The molecule has 1 aromatic carbocycles. The Bertz CT molecular complexity index is 826. The first-order valence-electron chi connectivity index (χ1n) is 8.78. The first kappa shape index (κ1) is 18.1. The van der Waals surface area contributed by atoms with E-state index in [0.717, 1.165) is 24.1 Å². The standard InChI is InChI=1S/C19H23FN4O2/c1-13(14-3-5-16(20)6-4-14)22-19(26)15-7-9-24(10-8-15)17-11-18(25)23(2)21-12-17/h3-6,11-13,15H,7-10H2,1-2H3,(H,22,26)/t13-/m0/s1. The van der Waals surface area contributed by atoms with Crippen molar-refractivity contribution in [2.45, 2.75) is 25.8 Å². The van der Waals surface area contributed by atoms with Crippen molar-refractivity contribution in [2.24, 2.45) is 13.0 Å². The average Bonchev–Trinajstić information content (AvgIpc) is 2.64. The van der Waals surface area contributed by atoms with Crippen molar-refractivity contribution >= 4 is 11.6 Å². The van der Waals surface area contributed by atoms with E-state index in [0.29, 0.717) is 13.1 Å². The van der Waals surface area contributed by atoms with Crippen LogP contribution in [0.15, 0.2) is 41.3 Å². The molecule has 1 aliphatic rings. The maximum Gasteiger partial charge on any atom is 0.268 e. The van der Waals surface area contributed by atoms with Crippen LogP contribution in [0.4, 0.5) is 10.1 Å². The number of halogens is 1. The molecule has 26 heavy (non-hydrogen) atoms. The number of carbonyl (C=O) groups excluding carboxylic acids is 1. The fraction of sp³-hybridized carbons (Fsp3) is 0.421. The van der Waals surface area contributed by atoms with Crippen molar-refractivity contribution in [2.75, 3.05) is 18.0 Å². The summed E-state index contributed by atoms with van der Waals surface area (Å²) in [5.41, 5.74) is 1.53. The van der Waals surface area contributed by atoms with Gasteiger partial charge in [0.15, 0.2) is 0 Å². The number of hydrogen-bond donors (Lipinski definition) is 1. The lowest BCUT2D eigenvalue weighted by atomic mass is 9.95. The van der Waals surface area contributed by atoms with Gasteiger partial charge in [0.05, 0.1) is 17.9 Å². The molecule has 2 heterocycles. The molecule has 7 heteroatoms. The zero-order valence-electron chi connectivity index (χ0n) is 15.0. The second-order valence-corrected chi connectivity index (χ2v) is 6.72. The molecular formula is C19H23FN4O2. The van der Waals surface area contributed by atoms with E-state index in [1.807, 2.05) is 6.92 Å². The molecule has 1 atom stereocenters. The van der Waals surface area contributed by atoms with E-state index in [9.17, 15) is 14.0 Å². The van der Waals surface area contributed by atoms with Crippen molar-refractivity contribution in [3.05, 3.63) is 58.3 Å². The van der Waals surface area contributed by atoms with Gasteiger partial charge < -0.3 is 10.2 Å². The van der Waals surface area contributed by atoms with Crippen LogP contribution < -0.4 is 15.8 Å². The summed E-state index contributed by atoms with van der Waals surface area (Å²) in [6.45, 7) is 3.31. The van der Waals surface area contributed by atoms with Crippen molar-refractivity contribution in [3.8, 4) is 0 Å². The molecule has 1 amide bonds.